The van der Waals surface area contributed by atoms with Crippen LogP contribution in [0.5, 0.6) is 0 Å². The van der Waals surface area contributed by atoms with Gasteiger partial charge in [-0.2, -0.15) is 0 Å². The molecule has 0 aliphatic heterocycles. The van der Waals surface area contributed by atoms with Crippen LogP contribution < -0.4 is 5.32 Å². The molecule has 1 unspecified atom stereocenters. The molecule has 1 heterocycles. The molecule has 4 heteroatoms. The van der Waals surface area contributed by atoms with Crippen molar-refractivity contribution in [2.75, 3.05) is 7.05 Å². The highest BCUT2D eigenvalue weighted by Gasteiger charge is 2.10. The van der Waals surface area contributed by atoms with Crippen molar-refractivity contribution in [1.29, 1.82) is 0 Å². The van der Waals surface area contributed by atoms with Crippen LogP contribution in [0.15, 0.2) is 34.7 Å². The fourth-order valence-corrected chi connectivity index (χ4v) is 2.23. The molecule has 0 amide bonds. The van der Waals surface area contributed by atoms with Crippen molar-refractivity contribution < 1.29 is 4.42 Å². The summed E-state index contributed by atoms with van der Waals surface area (Å²) in [6.45, 7) is 2.11. The van der Waals surface area contributed by atoms with Gasteiger partial charge >= 0.3 is 0 Å². The minimum Gasteiger partial charge on any atom is -0.461 e. The first-order valence-electron chi connectivity index (χ1n) is 5.81. The van der Waals surface area contributed by atoms with E-state index in [1.807, 2.05) is 25.2 Å². The molecule has 2 aromatic rings. The SMILES string of the molecule is CNC(C)Cc1ccc(-c2ccc(Cl)cc2Cl)o1. The summed E-state index contributed by atoms with van der Waals surface area (Å²) < 4.78 is 5.80. The first-order valence-corrected chi connectivity index (χ1v) is 6.57. The highest BCUT2D eigenvalue weighted by atomic mass is 35.5. The van der Waals surface area contributed by atoms with E-state index >= 15 is 0 Å². The Morgan fingerprint density at radius 2 is 2.00 bits per heavy atom. The van der Waals surface area contributed by atoms with Crippen molar-refractivity contribution in [3.63, 3.8) is 0 Å². The lowest BCUT2D eigenvalue weighted by Crippen LogP contribution is -2.23. The molecule has 1 aromatic carbocycles. The Balaban J connectivity index is 2.24. The Morgan fingerprint density at radius 1 is 1.22 bits per heavy atom. The lowest BCUT2D eigenvalue weighted by molar-refractivity contribution is 0.481. The fraction of sp³-hybridized carbons (Fsp3) is 0.286. The van der Waals surface area contributed by atoms with Gasteiger partial charge in [-0.25, -0.2) is 0 Å². The number of halogens is 2. The van der Waals surface area contributed by atoms with Gasteiger partial charge in [0.2, 0.25) is 0 Å². The summed E-state index contributed by atoms with van der Waals surface area (Å²) in [5, 5.41) is 4.40. The van der Waals surface area contributed by atoms with E-state index < -0.39 is 0 Å². The van der Waals surface area contributed by atoms with E-state index in [1.165, 1.54) is 0 Å². The van der Waals surface area contributed by atoms with E-state index in [2.05, 4.69) is 12.2 Å². The largest absolute Gasteiger partial charge is 0.461 e. The third-order valence-corrected chi connectivity index (χ3v) is 3.41. The average molecular weight is 284 g/mol. The Bertz CT molecular complexity index is 536. The van der Waals surface area contributed by atoms with Gasteiger partial charge in [-0.15, -0.1) is 0 Å². The number of likely N-dealkylation sites (N-methyl/N-ethyl adjacent to an activating group) is 1. The van der Waals surface area contributed by atoms with Crippen LogP contribution in [-0.4, -0.2) is 13.1 Å². The minimum atomic E-state index is 0.379. The van der Waals surface area contributed by atoms with Crippen LogP contribution in [0.1, 0.15) is 12.7 Å². The maximum absolute atomic E-state index is 6.15. The zero-order valence-corrected chi connectivity index (χ0v) is 11.8. The first-order chi connectivity index (χ1) is 8.60. The van der Waals surface area contributed by atoms with Gasteiger partial charge in [0.1, 0.15) is 11.5 Å². The molecule has 0 aliphatic rings. The van der Waals surface area contributed by atoms with E-state index in [0.717, 1.165) is 23.5 Å². The molecule has 0 radical (unpaired) electrons. The van der Waals surface area contributed by atoms with Crippen LogP contribution in [0.3, 0.4) is 0 Å². The lowest BCUT2D eigenvalue weighted by Gasteiger charge is -2.07. The fourth-order valence-electron chi connectivity index (χ4n) is 1.73. The number of hydrogen-bond donors (Lipinski definition) is 1. The summed E-state index contributed by atoms with van der Waals surface area (Å²) >= 11 is 12.0. The van der Waals surface area contributed by atoms with Crippen LogP contribution in [0.25, 0.3) is 11.3 Å². The quantitative estimate of drug-likeness (QED) is 0.900. The van der Waals surface area contributed by atoms with E-state index in [-0.39, 0.29) is 0 Å². The highest BCUT2D eigenvalue weighted by Crippen LogP contribution is 2.31. The topological polar surface area (TPSA) is 25.2 Å². The van der Waals surface area contributed by atoms with Gasteiger partial charge in [0.05, 0.1) is 5.02 Å². The Hall–Kier alpha value is -0.960. The maximum Gasteiger partial charge on any atom is 0.135 e. The smallest absolute Gasteiger partial charge is 0.135 e. The van der Waals surface area contributed by atoms with Gasteiger partial charge < -0.3 is 9.73 Å². The van der Waals surface area contributed by atoms with Crippen LogP contribution in [0.2, 0.25) is 10.0 Å². The zero-order valence-electron chi connectivity index (χ0n) is 10.3. The standard InChI is InChI=1S/C14H15Cl2NO/c1-9(17-2)7-11-4-6-14(18-11)12-5-3-10(15)8-13(12)16/h3-6,8-9,17H,7H2,1-2H3. The second kappa shape index (κ2) is 5.79. The van der Waals surface area contributed by atoms with Crippen molar-refractivity contribution in [1.82, 2.24) is 5.32 Å². The van der Waals surface area contributed by atoms with E-state index in [0.29, 0.717) is 16.1 Å². The molecule has 0 saturated carbocycles. The second-order valence-corrected chi connectivity index (χ2v) is 5.13. The zero-order chi connectivity index (χ0) is 13.1. The molecule has 18 heavy (non-hydrogen) atoms. The number of rotatable bonds is 4. The highest BCUT2D eigenvalue weighted by molar-refractivity contribution is 6.36. The summed E-state index contributed by atoms with van der Waals surface area (Å²) in [5.74, 6) is 1.72. The molecule has 1 atom stereocenters. The van der Waals surface area contributed by atoms with Gasteiger partial charge in [0, 0.05) is 23.0 Å². The van der Waals surface area contributed by atoms with Crippen LogP contribution >= 0.6 is 23.2 Å². The van der Waals surface area contributed by atoms with Gasteiger partial charge in [-0.05, 0) is 44.3 Å². The van der Waals surface area contributed by atoms with Crippen molar-refractivity contribution >= 4 is 23.2 Å². The summed E-state index contributed by atoms with van der Waals surface area (Å²) in [6.07, 6.45) is 0.849. The van der Waals surface area contributed by atoms with Crippen molar-refractivity contribution in [2.45, 2.75) is 19.4 Å². The minimum absolute atomic E-state index is 0.379. The Labute approximate surface area is 117 Å². The average Bonchev–Trinajstić information content (AvgIpc) is 2.77. The summed E-state index contributed by atoms with van der Waals surface area (Å²) in [5.41, 5.74) is 0.865. The number of benzene rings is 1. The summed E-state index contributed by atoms with van der Waals surface area (Å²) in [4.78, 5) is 0. The molecule has 96 valence electrons. The number of hydrogen-bond acceptors (Lipinski definition) is 2. The molecule has 1 N–H and O–H groups in total. The number of furan rings is 1. The Kier molecular flexibility index (Phi) is 4.33. The van der Waals surface area contributed by atoms with Gasteiger partial charge in [0.15, 0.2) is 0 Å². The molecule has 0 fully saturated rings. The van der Waals surface area contributed by atoms with Gasteiger partial charge in [0.25, 0.3) is 0 Å². The molecule has 1 aromatic heterocycles. The molecule has 0 spiro atoms. The first kappa shape index (κ1) is 13.5. The van der Waals surface area contributed by atoms with Crippen LogP contribution in [0, 0.1) is 0 Å². The molecular weight excluding hydrogens is 269 g/mol. The summed E-state index contributed by atoms with van der Waals surface area (Å²) in [6, 6.07) is 9.69. The molecule has 2 nitrogen and oxygen atoms in total. The Morgan fingerprint density at radius 3 is 2.67 bits per heavy atom. The number of nitrogens with one attached hydrogen (secondary N) is 1. The van der Waals surface area contributed by atoms with Crippen molar-refractivity contribution in [2.24, 2.45) is 0 Å². The third-order valence-electron chi connectivity index (χ3n) is 2.86. The van der Waals surface area contributed by atoms with Crippen molar-refractivity contribution in [3.05, 3.63) is 46.1 Å². The predicted octanol–water partition coefficient (Wildman–Crippen LogP) is 4.40. The molecule has 2 rings (SSSR count). The monoisotopic (exact) mass is 283 g/mol. The normalized spacial score (nSPS) is 12.7. The van der Waals surface area contributed by atoms with E-state index in [4.69, 9.17) is 27.6 Å². The molecule has 0 saturated heterocycles. The van der Waals surface area contributed by atoms with Crippen molar-refractivity contribution in [3.8, 4) is 11.3 Å². The molecule has 0 aliphatic carbocycles. The maximum atomic E-state index is 6.15. The molecule has 0 bridgehead atoms. The van der Waals surface area contributed by atoms with Crippen LogP contribution in [0.4, 0.5) is 0 Å². The lowest BCUT2D eigenvalue weighted by atomic mass is 10.2. The third kappa shape index (κ3) is 3.08. The van der Waals surface area contributed by atoms with Gasteiger partial charge in [-0.1, -0.05) is 23.2 Å². The van der Waals surface area contributed by atoms with E-state index in [1.54, 1.807) is 12.1 Å². The van der Waals surface area contributed by atoms with E-state index in [9.17, 15) is 0 Å². The predicted molar refractivity (Wildman–Crippen MR) is 76.4 cm³/mol. The summed E-state index contributed by atoms with van der Waals surface area (Å²) in [7, 11) is 1.94. The van der Waals surface area contributed by atoms with Gasteiger partial charge in [-0.3, -0.25) is 0 Å². The molecular formula is C14H15Cl2NO. The second-order valence-electron chi connectivity index (χ2n) is 4.28. The van der Waals surface area contributed by atoms with Crippen LogP contribution in [-0.2, 0) is 6.42 Å².